The molecule has 106 valence electrons. The average Bonchev–Trinajstić information content (AvgIpc) is 2.39. The standard InChI is InChI=1S/C15H24ClN3/c1-12(2)11-18-4-6-19(7-5-18)15-8-13(3)17-10-14(15)9-16/h8,10,12H,4-7,9,11H2,1-3H3. The third kappa shape index (κ3) is 3.83. The quantitative estimate of drug-likeness (QED) is 0.791. The molecule has 1 aromatic rings. The van der Waals surface area contributed by atoms with Crippen LogP contribution in [0.2, 0.25) is 0 Å². The molecule has 0 N–H and O–H groups in total. The van der Waals surface area contributed by atoms with Crippen LogP contribution in [0.25, 0.3) is 0 Å². The summed E-state index contributed by atoms with van der Waals surface area (Å²) in [7, 11) is 0. The fraction of sp³-hybridized carbons (Fsp3) is 0.667. The maximum atomic E-state index is 6.02. The van der Waals surface area contributed by atoms with Crippen molar-refractivity contribution in [2.45, 2.75) is 26.7 Å². The molecule has 0 bridgehead atoms. The van der Waals surface area contributed by atoms with Crippen LogP contribution in [0.1, 0.15) is 25.1 Å². The second-order valence-corrected chi connectivity index (χ2v) is 6.04. The van der Waals surface area contributed by atoms with Gasteiger partial charge >= 0.3 is 0 Å². The first kappa shape index (κ1) is 14.6. The van der Waals surface area contributed by atoms with Crippen molar-refractivity contribution in [1.29, 1.82) is 0 Å². The van der Waals surface area contributed by atoms with Crippen LogP contribution in [-0.2, 0) is 5.88 Å². The summed E-state index contributed by atoms with van der Waals surface area (Å²) in [5, 5.41) is 0. The highest BCUT2D eigenvalue weighted by Crippen LogP contribution is 2.24. The Bertz CT molecular complexity index is 412. The smallest absolute Gasteiger partial charge is 0.0509 e. The highest BCUT2D eigenvalue weighted by molar-refractivity contribution is 6.17. The van der Waals surface area contributed by atoms with Gasteiger partial charge in [0.2, 0.25) is 0 Å². The molecule has 1 fully saturated rings. The maximum Gasteiger partial charge on any atom is 0.0509 e. The molecular weight excluding hydrogens is 258 g/mol. The van der Waals surface area contributed by atoms with Crippen molar-refractivity contribution in [1.82, 2.24) is 9.88 Å². The number of hydrogen-bond donors (Lipinski definition) is 0. The van der Waals surface area contributed by atoms with Crippen molar-refractivity contribution >= 4 is 17.3 Å². The summed E-state index contributed by atoms with van der Waals surface area (Å²) >= 11 is 6.02. The zero-order valence-electron chi connectivity index (χ0n) is 12.2. The molecule has 0 unspecified atom stereocenters. The van der Waals surface area contributed by atoms with Gasteiger partial charge in [-0.15, -0.1) is 11.6 Å². The molecule has 2 rings (SSSR count). The monoisotopic (exact) mass is 281 g/mol. The Balaban J connectivity index is 2.03. The van der Waals surface area contributed by atoms with Crippen LogP contribution in [0.4, 0.5) is 5.69 Å². The van der Waals surface area contributed by atoms with E-state index in [9.17, 15) is 0 Å². The third-order valence-electron chi connectivity index (χ3n) is 3.58. The summed E-state index contributed by atoms with van der Waals surface area (Å²) in [6.45, 7) is 12.2. The van der Waals surface area contributed by atoms with E-state index in [1.54, 1.807) is 0 Å². The lowest BCUT2D eigenvalue weighted by Crippen LogP contribution is -2.47. The molecule has 4 heteroatoms. The van der Waals surface area contributed by atoms with Crippen LogP contribution in [-0.4, -0.2) is 42.6 Å². The lowest BCUT2D eigenvalue weighted by Gasteiger charge is -2.37. The van der Waals surface area contributed by atoms with Crippen molar-refractivity contribution in [3.63, 3.8) is 0 Å². The zero-order valence-corrected chi connectivity index (χ0v) is 13.0. The summed E-state index contributed by atoms with van der Waals surface area (Å²) in [6.07, 6.45) is 1.91. The Morgan fingerprint density at radius 1 is 1.26 bits per heavy atom. The molecule has 0 aliphatic carbocycles. The highest BCUT2D eigenvalue weighted by atomic mass is 35.5. The Morgan fingerprint density at radius 3 is 2.53 bits per heavy atom. The molecule has 0 amide bonds. The Kier molecular flexibility index (Phi) is 5.06. The maximum absolute atomic E-state index is 6.02. The summed E-state index contributed by atoms with van der Waals surface area (Å²) in [6, 6.07) is 2.16. The topological polar surface area (TPSA) is 19.4 Å². The first-order valence-electron chi connectivity index (χ1n) is 7.09. The van der Waals surface area contributed by atoms with Crippen molar-refractivity contribution < 1.29 is 0 Å². The molecular formula is C15H24ClN3. The molecule has 0 atom stereocenters. The van der Waals surface area contributed by atoms with Gasteiger partial charge in [-0.3, -0.25) is 9.88 Å². The molecule has 1 aromatic heterocycles. The molecule has 1 saturated heterocycles. The van der Waals surface area contributed by atoms with Crippen LogP contribution in [0.15, 0.2) is 12.3 Å². The molecule has 0 radical (unpaired) electrons. The highest BCUT2D eigenvalue weighted by Gasteiger charge is 2.19. The van der Waals surface area contributed by atoms with E-state index in [1.165, 1.54) is 12.2 Å². The summed E-state index contributed by atoms with van der Waals surface area (Å²) in [4.78, 5) is 9.34. The van der Waals surface area contributed by atoms with Crippen molar-refractivity contribution in [2.75, 3.05) is 37.6 Å². The van der Waals surface area contributed by atoms with Gasteiger partial charge in [0.15, 0.2) is 0 Å². The van der Waals surface area contributed by atoms with Crippen molar-refractivity contribution in [3.05, 3.63) is 23.5 Å². The molecule has 0 spiro atoms. The predicted molar refractivity (Wildman–Crippen MR) is 82.0 cm³/mol. The number of halogens is 1. The number of aromatic nitrogens is 1. The largest absolute Gasteiger partial charge is 0.369 e. The minimum atomic E-state index is 0.537. The fourth-order valence-electron chi connectivity index (χ4n) is 2.66. The molecule has 19 heavy (non-hydrogen) atoms. The Morgan fingerprint density at radius 2 is 1.95 bits per heavy atom. The molecule has 2 heterocycles. The normalized spacial score (nSPS) is 17.2. The van der Waals surface area contributed by atoms with Crippen LogP contribution in [0.5, 0.6) is 0 Å². The molecule has 0 saturated carbocycles. The van der Waals surface area contributed by atoms with E-state index in [2.05, 4.69) is 34.7 Å². The van der Waals surface area contributed by atoms with E-state index in [0.717, 1.165) is 43.4 Å². The number of hydrogen-bond acceptors (Lipinski definition) is 3. The molecule has 0 aromatic carbocycles. The van der Waals surface area contributed by atoms with Gasteiger partial charge in [-0.1, -0.05) is 13.8 Å². The van der Waals surface area contributed by atoms with E-state index in [1.807, 2.05) is 13.1 Å². The number of piperazine rings is 1. The minimum Gasteiger partial charge on any atom is -0.369 e. The first-order valence-corrected chi connectivity index (χ1v) is 7.62. The van der Waals surface area contributed by atoms with Gasteiger partial charge in [-0.05, 0) is 18.9 Å². The van der Waals surface area contributed by atoms with Gasteiger partial charge in [0.25, 0.3) is 0 Å². The fourth-order valence-corrected chi connectivity index (χ4v) is 2.86. The van der Waals surface area contributed by atoms with Crippen LogP contribution < -0.4 is 4.90 Å². The van der Waals surface area contributed by atoms with E-state index in [4.69, 9.17) is 11.6 Å². The van der Waals surface area contributed by atoms with Crippen LogP contribution >= 0.6 is 11.6 Å². The number of rotatable bonds is 4. The van der Waals surface area contributed by atoms with E-state index in [0.29, 0.717) is 5.88 Å². The summed E-state index contributed by atoms with van der Waals surface area (Å²) in [5.41, 5.74) is 3.48. The SMILES string of the molecule is Cc1cc(N2CCN(CC(C)C)CC2)c(CCl)cn1. The van der Waals surface area contributed by atoms with Gasteiger partial charge < -0.3 is 4.90 Å². The average molecular weight is 282 g/mol. The minimum absolute atomic E-state index is 0.537. The summed E-state index contributed by atoms with van der Waals surface area (Å²) in [5.74, 6) is 1.28. The van der Waals surface area contributed by atoms with Crippen LogP contribution in [0.3, 0.4) is 0 Å². The first-order chi connectivity index (χ1) is 9.10. The van der Waals surface area contributed by atoms with Gasteiger partial charge in [0.1, 0.15) is 0 Å². The number of nitrogens with zero attached hydrogens (tertiary/aromatic N) is 3. The van der Waals surface area contributed by atoms with Crippen LogP contribution in [0, 0.1) is 12.8 Å². The Labute approximate surface area is 121 Å². The van der Waals surface area contributed by atoms with E-state index in [-0.39, 0.29) is 0 Å². The van der Waals surface area contributed by atoms with Gasteiger partial charge in [0.05, 0.1) is 5.88 Å². The number of aryl methyl sites for hydroxylation is 1. The second-order valence-electron chi connectivity index (χ2n) is 5.77. The van der Waals surface area contributed by atoms with Crippen molar-refractivity contribution in [2.24, 2.45) is 5.92 Å². The lowest BCUT2D eigenvalue weighted by molar-refractivity contribution is 0.231. The third-order valence-corrected chi connectivity index (χ3v) is 3.87. The summed E-state index contributed by atoms with van der Waals surface area (Å²) < 4.78 is 0. The van der Waals surface area contributed by atoms with Crippen molar-refractivity contribution in [3.8, 4) is 0 Å². The van der Waals surface area contributed by atoms with Gasteiger partial charge in [-0.2, -0.15) is 0 Å². The van der Waals surface area contributed by atoms with E-state index < -0.39 is 0 Å². The second kappa shape index (κ2) is 6.58. The van der Waals surface area contributed by atoms with E-state index >= 15 is 0 Å². The Hall–Kier alpha value is -0.800. The molecule has 1 aliphatic rings. The van der Waals surface area contributed by atoms with Gasteiger partial charge in [-0.25, -0.2) is 0 Å². The number of alkyl halides is 1. The zero-order chi connectivity index (χ0) is 13.8. The number of pyridine rings is 1. The predicted octanol–water partition coefficient (Wildman–Crippen LogP) is 2.91. The number of anilines is 1. The lowest BCUT2D eigenvalue weighted by atomic mass is 10.1. The molecule has 3 nitrogen and oxygen atoms in total. The molecule has 1 aliphatic heterocycles. The van der Waals surface area contributed by atoms with Gasteiger partial charge in [0, 0.05) is 55.9 Å².